The van der Waals surface area contributed by atoms with Crippen molar-refractivity contribution in [2.24, 2.45) is 23.7 Å². The Balaban J connectivity index is 1.36. The van der Waals surface area contributed by atoms with Gasteiger partial charge in [-0.2, -0.15) is 0 Å². The highest BCUT2D eigenvalue weighted by molar-refractivity contribution is 5.86. The first-order valence-corrected chi connectivity index (χ1v) is 9.83. The summed E-state index contributed by atoms with van der Waals surface area (Å²) in [5, 5.41) is 9.61. The maximum atomic E-state index is 13.1. The number of nitrogens with zero attached hydrogens (tertiary/aromatic N) is 2. The van der Waals surface area contributed by atoms with Crippen molar-refractivity contribution >= 4 is 11.9 Å². The van der Waals surface area contributed by atoms with Crippen LogP contribution >= 0.6 is 0 Å². The first-order valence-electron chi connectivity index (χ1n) is 9.83. The SMILES string of the molecule is Cc1ccccc1CN1CCN(C(=O)[C@H]2[C@H]3CC[C@@H](C3)[C@H]2C(=O)O)CC1. The van der Waals surface area contributed by atoms with E-state index in [0.717, 1.165) is 38.9 Å². The maximum absolute atomic E-state index is 13.1. The summed E-state index contributed by atoms with van der Waals surface area (Å²) in [6.45, 7) is 6.20. The van der Waals surface area contributed by atoms with E-state index in [9.17, 15) is 14.7 Å². The quantitative estimate of drug-likeness (QED) is 0.900. The third-order valence-corrected chi connectivity index (χ3v) is 6.83. The van der Waals surface area contributed by atoms with E-state index in [4.69, 9.17) is 0 Å². The Morgan fingerprint density at radius 1 is 1.04 bits per heavy atom. The van der Waals surface area contributed by atoms with Gasteiger partial charge in [-0.25, -0.2) is 0 Å². The van der Waals surface area contributed by atoms with Gasteiger partial charge in [0.25, 0.3) is 0 Å². The van der Waals surface area contributed by atoms with Crippen LogP contribution in [0.4, 0.5) is 0 Å². The first-order chi connectivity index (χ1) is 12.5. The summed E-state index contributed by atoms with van der Waals surface area (Å²) in [7, 11) is 0. The van der Waals surface area contributed by atoms with E-state index in [1.54, 1.807) is 0 Å². The van der Waals surface area contributed by atoms with Gasteiger partial charge in [-0.15, -0.1) is 0 Å². The molecule has 1 aromatic carbocycles. The summed E-state index contributed by atoms with van der Waals surface area (Å²) >= 11 is 0. The van der Waals surface area contributed by atoms with Crippen LogP contribution in [0, 0.1) is 30.6 Å². The van der Waals surface area contributed by atoms with Crippen molar-refractivity contribution in [3.63, 3.8) is 0 Å². The van der Waals surface area contributed by atoms with E-state index >= 15 is 0 Å². The van der Waals surface area contributed by atoms with Crippen molar-refractivity contribution in [3.05, 3.63) is 35.4 Å². The minimum absolute atomic E-state index is 0.0974. The number of carboxylic acids is 1. The van der Waals surface area contributed by atoms with Gasteiger partial charge in [0.2, 0.25) is 5.91 Å². The predicted molar refractivity (Wildman–Crippen MR) is 98.5 cm³/mol. The highest BCUT2D eigenvalue weighted by Crippen LogP contribution is 2.53. The monoisotopic (exact) mass is 356 g/mol. The van der Waals surface area contributed by atoms with Crippen LogP contribution in [0.1, 0.15) is 30.4 Å². The second-order valence-corrected chi connectivity index (χ2v) is 8.25. The average molecular weight is 356 g/mol. The number of hydrogen-bond donors (Lipinski definition) is 1. The van der Waals surface area contributed by atoms with Crippen LogP contribution in [-0.2, 0) is 16.1 Å². The Kier molecular flexibility index (Phi) is 4.74. The minimum atomic E-state index is -0.770. The van der Waals surface area contributed by atoms with Gasteiger partial charge >= 0.3 is 5.97 Å². The lowest BCUT2D eigenvalue weighted by atomic mass is 9.78. The van der Waals surface area contributed by atoms with Crippen LogP contribution in [0.3, 0.4) is 0 Å². The van der Waals surface area contributed by atoms with Crippen LogP contribution in [0.15, 0.2) is 24.3 Å². The van der Waals surface area contributed by atoms with Gasteiger partial charge in [-0.05, 0) is 49.1 Å². The molecule has 1 heterocycles. The van der Waals surface area contributed by atoms with Crippen LogP contribution in [-0.4, -0.2) is 53.0 Å². The minimum Gasteiger partial charge on any atom is -0.481 e. The van der Waals surface area contributed by atoms with E-state index in [0.29, 0.717) is 19.0 Å². The molecule has 140 valence electrons. The molecule has 2 saturated carbocycles. The second kappa shape index (κ2) is 7.03. The van der Waals surface area contributed by atoms with Crippen molar-refractivity contribution in [2.75, 3.05) is 26.2 Å². The number of piperazine rings is 1. The Bertz CT molecular complexity index is 696. The number of carbonyl (C=O) groups excluding carboxylic acids is 1. The molecule has 1 N–H and O–H groups in total. The van der Waals surface area contributed by atoms with Crippen molar-refractivity contribution in [1.29, 1.82) is 0 Å². The summed E-state index contributed by atoms with van der Waals surface area (Å²) in [5.41, 5.74) is 2.64. The average Bonchev–Trinajstić information content (AvgIpc) is 3.25. The standard InChI is InChI=1S/C21H28N2O3/c1-14-4-2-3-5-17(14)13-22-8-10-23(11-9-22)20(24)18-15-6-7-16(12-15)19(18)21(25)26/h2-5,15-16,18-19H,6-13H2,1H3,(H,25,26)/t15-,16-,18-,19+/m0/s1. The number of hydrogen-bond acceptors (Lipinski definition) is 3. The molecule has 2 bridgehead atoms. The molecule has 0 aromatic heterocycles. The van der Waals surface area contributed by atoms with Crippen LogP contribution in [0.25, 0.3) is 0 Å². The molecule has 0 radical (unpaired) electrons. The molecule has 5 nitrogen and oxygen atoms in total. The number of carbonyl (C=O) groups is 2. The largest absolute Gasteiger partial charge is 0.481 e. The molecule has 1 aromatic rings. The zero-order valence-corrected chi connectivity index (χ0v) is 15.4. The molecule has 3 aliphatic rings. The van der Waals surface area contributed by atoms with E-state index in [2.05, 4.69) is 36.1 Å². The van der Waals surface area contributed by atoms with Gasteiger partial charge in [0, 0.05) is 32.7 Å². The molecule has 3 fully saturated rings. The molecular weight excluding hydrogens is 328 g/mol. The first kappa shape index (κ1) is 17.5. The van der Waals surface area contributed by atoms with Gasteiger partial charge in [-0.3, -0.25) is 14.5 Å². The lowest BCUT2D eigenvalue weighted by molar-refractivity contribution is -0.153. The smallest absolute Gasteiger partial charge is 0.307 e. The fourth-order valence-electron chi connectivity index (χ4n) is 5.37. The van der Waals surface area contributed by atoms with Crippen LogP contribution < -0.4 is 0 Å². The van der Waals surface area contributed by atoms with E-state index in [1.165, 1.54) is 11.1 Å². The molecular formula is C21H28N2O3. The fraction of sp³-hybridized carbons (Fsp3) is 0.619. The van der Waals surface area contributed by atoms with Gasteiger partial charge < -0.3 is 10.0 Å². The number of carboxylic acid groups (broad SMARTS) is 1. The van der Waals surface area contributed by atoms with Gasteiger partial charge in [-0.1, -0.05) is 24.3 Å². The Morgan fingerprint density at radius 2 is 1.69 bits per heavy atom. The molecule has 0 spiro atoms. The van der Waals surface area contributed by atoms with Crippen molar-refractivity contribution in [1.82, 2.24) is 9.80 Å². The second-order valence-electron chi connectivity index (χ2n) is 8.25. The molecule has 4 rings (SSSR count). The van der Waals surface area contributed by atoms with Crippen molar-refractivity contribution in [2.45, 2.75) is 32.7 Å². The highest BCUT2D eigenvalue weighted by atomic mass is 16.4. The van der Waals surface area contributed by atoms with E-state index in [-0.39, 0.29) is 17.7 Å². The van der Waals surface area contributed by atoms with Crippen LogP contribution in [0.2, 0.25) is 0 Å². The predicted octanol–water partition coefficient (Wildman–Crippen LogP) is 2.39. The number of fused-ring (bicyclic) bond motifs is 2. The van der Waals surface area contributed by atoms with Crippen molar-refractivity contribution in [3.8, 4) is 0 Å². The lowest BCUT2D eigenvalue weighted by Gasteiger charge is -2.38. The highest BCUT2D eigenvalue weighted by Gasteiger charge is 2.54. The summed E-state index contributed by atoms with van der Waals surface area (Å²) in [6.07, 6.45) is 2.94. The number of amides is 1. The lowest BCUT2D eigenvalue weighted by Crippen LogP contribution is -2.52. The van der Waals surface area contributed by atoms with Crippen molar-refractivity contribution < 1.29 is 14.7 Å². The molecule has 2 aliphatic carbocycles. The molecule has 26 heavy (non-hydrogen) atoms. The topological polar surface area (TPSA) is 60.9 Å². The maximum Gasteiger partial charge on any atom is 0.307 e. The van der Waals surface area contributed by atoms with Crippen LogP contribution in [0.5, 0.6) is 0 Å². The number of aliphatic carboxylic acids is 1. The molecule has 1 saturated heterocycles. The molecule has 1 amide bonds. The molecule has 1 aliphatic heterocycles. The molecule has 4 atom stereocenters. The van der Waals surface area contributed by atoms with E-state index < -0.39 is 11.9 Å². The molecule has 5 heteroatoms. The Morgan fingerprint density at radius 3 is 2.35 bits per heavy atom. The zero-order valence-electron chi connectivity index (χ0n) is 15.4. The molecule has 0 unspecified atom stereocenters. The number of rotatable bonds is 4. The van der Waals surface area contributed by atoms with Gasteiger partial charge in [0.1, 0.15) is 0 Å². The summed E-state index contributed by atoms with van der Waals surface area (Å²) < 4.78 is 0. The van der Waals surface area contributed by atoms with E-state index in [1.807, 2.05) is 4.90 Å². The Hall–Kier alpha value is -1.88. The normalized spacial score (nSPS) is 31.3. The van der Waals surface area contributed by atoms with Gasteiger partial charge in [0.15, 0.2) is 0 Å². The fourth-order valence-corrected chi connectivity index (χ4v) is 5.37. The summed E-state index contributed by atoms with van der Waals surface area (Å²) in [6, 6.07) is 8.43. The Labute approximate surface area is 155 Å². The summed E-state index contributed by atoms with van der Waals surface area (Å²) in [5.74, 6) is -0.901. The zero-order chi connectivity index (χ0) is 18.3. The summed E-state index contributed by atoms with van der Waals surface area (Å²) in [4.78, 5) is 29.1. The van der Waals surface area contributed by atoms with Gasteiger partial charge in [0.05, 0.1) is 11.8 Å². The number of benzene rings is 1. The third kappa shape index (κ3) is 3.13. The third-order valence-electron chi connectivity index (χ3n) is 6.83. The number of aryl methyl sites for hydroxylation is 1.